The fourth-order valence-electron chi connectivity index (χ4n) is 4.39. The van der Waals surface area contributed by atoms with Gasteiger partial charge in [0, 0.05) is 44.3 Å². The van der Waals surface area contributed by atoms with E-state index in [0.29, 0.717) is 18.4 Å². The zero-order valence-corrected chi connectivity index (χ0v) is 15.2. The van der Waals surface area contributed by atoms with Gasteiger partial charge in [-0.15, -0.1) is 0 Å². The molecule has 7 heteroatoms. The van der Waals surface area contributed by atoms with E-state index in [9.17, 15) is 9.59 Å². The fourth-order valence-corrected chi connectivity index (χ4v) is 4.39. The van der Waals surface area contributed by atoms with Gasteiger partial charge in [-0.2, -0.15) is 0 Å². The molecular weight excluding hydrogens is 332 g/mol. The van der Waals surface area contributed by atoms with Crippen LogP contribution in [0, 0.1) is 5.92 Å². The quantitative estimate of drug-likeness (QED) is 0.724. The summed E-state index contributed by atoms with van der Waals surface area (Å²) in [5.41, 5.74) is 1.21. The number of nitrogens with zero attached hydrogens (tertiary/aromatic N) is 2. The number of morpholine rings is 1. The molecule has 0 saturated carbocycles. The van der Waals surface area contributed by atoms with E-state index in [-0.39, 0.29) is 17.0 Å². The number of ether oxygens (including phenoxy) is 1. The zero-order chi connectivity index (χ0) is 17.9. The van der Waals surface area contributed by atoms with Crippen LogP contribution < -0.4 is 16.2 Å². The highest BCUT2D eigenvalue weighted by molar-refractivity contribution is 5.93. The smallest absolute Gasteiger partial charge is 0.263 e. The van der Waals surface area contributed by atoms with E-state index in [0.717, 1.165) is 71.0 Å². The lowest BCUT2D eigenvalue weighted by molar-refractivity contribution is 0.0374. The molecule has 1 amide bonds. The Morgan fingerprint density at radius 3 is 2.96 bits per heavy atom. The molecule has 142 valence electrons. The van der Waals surface area contributed by atoms with Crippen molar-refractivity contribution in [1.29, 1.82) is 0 Å². The number of amides is 1. The Morgan fingerprint density at radius 1 is 1.27 bits per heavy atom. The number of carbonyl (C=O) groups excluding carboxylic acids is 1. The molecule has 0 unspecified atom stereocenters. The minimum Gasteiger partial charge on any atom is -0.379 e. The molecule has 0 spiro atoms. The van der Waals surface area contributed by atoms with Gasteiger partial charge in [-0.1, -0.05) is 0 Å². The van der Waals surface area contributed by atoms with Gasteiger partial charge >= 0.3 is 0 Å². The SMILES string of the molecule is O=C(NCCCN1CCOCC1)c1ccc2n(c1=O)C[C@@H]1CNC[C@H]2C1. The minimum atomic E-state index is -0.249. The molecule has 26 heavy (non-hydrogen) atoms. The Kier molecular flexibility index (Phi) is 5.38. The second kappa shape index (κ2) is 7.90. The summed E-state index contributed by atoms with van der Waals surface area (Å²) < 4.78 is 7.17. The molecule has 2 atom stereocenters. The van der Waals surface area contributed by atoms with E-state index in [4.69, 9.17) is 4.74 Å². The normalized spacial score (nSPS) is 25.5. The van der Waals surface area contributed by atoms with Crippen molar-refractivity contribution >= 4 is 5.91 Å². The number of nitrogens with one attached hydrogen (secondary N) is 2. The first-order valence-corrected chi connectivity index (χ1v) is 9.75. The Balaban J connectivity index is 1.36. The largest absolute Gasteiger partial charge is 0.379 e. The number of hydrogen-bond acceptors (Lipinski definition) is 5. The predicted molar refractivity (Wildman–Crippen MR) is 98.6 cm³/mol. The van der Waals surface area contributed by atoms with Gasteiger partial charge in [-0.25, -0.2) is 0 Å². The fraction of sp³-hybridized carbons (Fsp3) is 0.684. The average molecular weight is 360 g/mol. The highest BCUT2D eigenvalue weighted by Crippen LogP contribution is 2.31. The second-order valence-electron chi connectivity index (χ2n) is 7.61. The maximum absolute atomic E-state index is 12.8. The topological polar surface area (TPSA) is 75.6 Å². The van der Waals surface area contributed by atoms with Gasteiger partial charge in [0.25, 0.3) is 11.5 Å². The summed E-state index contributed by atoms with van der Waals surface area (Å²) >= 11 is 0. The molecule has 7 nitrogen and oxygen atoms in total. The number of carbonyl (C=O) groups is 1. The molecule has 2 N–H and O–H groups in total. The van der Waals surface area contributed by atoms with Crippen molar-refractivity contribution in [2.24, 2.45) is 5.92 Å². The van der Waals surface area contributed by atoms with Crippen LogP contribution in [0.4, 0.5) is 0 Å². The van der Waals surface area contributed by atoms with Crippen LogP contribution in [-0.4, -0.2) is 67.9 Å². The maximum atomic E-state index is 12.8. The average Bonchev–Trinajstić information content (AvgIpc) is 2.67. The van der Waals surface area contributed by atoms with Gasteiger partial charge in [0.1, 0.15) is 5.56 Å². The Morgan fingerprint density at radius 2 is 2.12 bits per heavy atom. The molecule has 4 heterocycles. The summed E-state index contributed by atoms with van der Waals surface area (Å²) in [6.45, 7) is 7.62. The molecular formula is C19H28N4O3. The van der Waals surface area contributed by atoms with Crippen molar-refractivity contribution < 1.29 is 9.53 Å². The standard InChI is InChI=1S/C19H28N4O3/c24-18(21-4-1-5-22-6-8-26-9-7-22)16-2-3-17-15-10-14(11-20-12-15)13-23(17)19(16)25/h2-3,14-15,20H,1,4-13H2,(H,21,24)/t14-,15+/m0/s1. The summed E-state index contributed by atoms with van der Waals surface area (Å²) in [5, 5.41) is 6.35. The van der Waals surface area contributed by atoms with E-state index < -0.39 is 0 Å². The Bertz CT molecular complexity index is 711. The number of aromatic nitrogens is 1. The molecule has 1 aromatic heterocycles. The summed E-state index contributed by atoms with van der Waals surface area (Å²) in [4.78, 5) is 27.6. The first-order chi connectivity index (χ1) is 12.7. The van der Waals surface area contributed by atoms with Gasteiger partial charge in [0.2, 0.25) is 0 Å². The molecule has 2 fully saturated rings. The maximum Gasteiger partial charge on any atom is 0.263 e. The number of rotatable bonds is 5. The van der Waals surface area contributed by atoms with Gasteiger partial charge in [0.05, 0.1) is 13.2 Å². The number of fused-ring (bicyclic) bond motifs is 4. The number of hydrogen-bond donors (Lipinski definition) is 2. The molecule has 4 rings (SSSR count). The van der Waals surface area contributed by atoms with Crippen LogP contribution in [0.2, 0.25) is 0 Å². The molecule has 0 aromatic carbocycles. The van der Waals surface area contributed by atoms with E-state index in [1.54, 1.807) is 6.07 Å². The van der Waals surface area contributed by atoms with Crippen molar-refractivity contribution in [2.45, 2.75) is 25.3 Å². The first kappa shape index (κ1) is 17.7. The van der Waals surface area contributed by atoms with Crippen molar-refractivity contribution in [2.75, 3.05) is 52.5 Å². The third-order valence-electron chi connectivity index (χ3n) is 5.79. The summed E-state index contributed by atoms with van der Waals surface area (Å²) in [6.07, 6.45) is 2.02. The van der Waals surface area contributed by atoms with E-state index in [1.807, 2.05) is 10.6 Å². The van der Waals surface area contributed by atoms with E-state index in [2.05, 4.69) is 15.5 Å². The molecule has 3 aliphatic heterocycles. The Hall–Kier alpha value is -1.70. The predicted octanol–water partition coefficient (Wildman–Crippen LogP) is 0.00710. The Labute approximate surface area is 153 Å². The second-order valence-corrected chi connectivity index (χ2v) is 7.61. The monoisotopic (exact) mass is 360 g/mol. The van der Waals surface area contributed by atoms with Crippen LogP contribution in [-0.2, 0) is 11.3 Å². The van der Waals surface area contributed by atoms with E-state index in [1.165, 1.54) is 0 Å². The first-order valence-electron chi connectivity index (χ1n) is 9.75. The van der Waals surface area contributed by atoms with Crippen molar-refractivity contribution in [3.8, 4) is 0 Å². The molecule has 2 bridgehead atoms. The number of pyridine rings is 1. The summed E-state index contributed by atoms with van der Waals surface area (Å²) in [6, 6.07) is 3.68. The zero-order valence-electron chi connectivity index (χ0n) is 15.2. The van der Waals surface area contributed by atoms with Crippen LogP contribution in [0.1, 0.15) is 34.8 Å². The lowest BCUT2D eigenvalue weighted by atomic mass is 9.84. The van der Waals surface area contributed by atoms with Crippen molar-refractivity contribution in [3.63, 3.8) is 0 Å². The molecule has 0 aliphatic carbocycles. The van der Waals surface area contributed by atoms with E-state index >= 15 is 0 Å². The van der Waals surface area contributed by atoms with Crippen LogP contribution in [0.15, 0.2) is 16.9 Å². The van der Waals surface area contributed by atoms with Crippen LogP contribution in [0.5, 0.6) is 0 Å². The molecule has 3 aliphatic rings. The lowest BCUT2D eigenvalue weighted by Gasteiger charge is -2.37. The molecule has 0 radical (unpaired) electrons. The third-order valence-corrected chi connectivity index (χ3v) is 5.79. The van der Waals surface area contributed by atoms with Gasteiger partial charge in [-0.05, 0) is 44.0 Å². The van der Waals surface area contributed by atoms with Gasteiger partial charge in [-0.3, -0.25) is 14.5 Å². The minimum absolute atomic E-state index is 0.134. The van der Waals surface area contributed by atoms with Gasteiger partial charge < -0.3 is 19.9 Å². The number of piperidine rings is 1. The van der Waals surface area contributed by atoms with Crippen LogP contribution in [0.3, 0.4) is 0 Å². The van der Waals surface area contributed by atoms with Crippen LogP contribution >= 0.6 is 0 Å². The third kappa shape index (κ3) is 3.70. The highest BCUT2D eigenvalue weighted by atomic mass is 16.5. The van der Waals surface area contributed by atoms with Crippen molar-refractivity contribution in [3.05, 3.63) is 33.7 Å². The van der Waals surface area contributed by atoms with Crippen LogP contribution in [0.25, 0.3) is 0 Å². The highest BCUT2D eigenvalue weighted by Gasteiger charge is 2.31. The molecule has 2 saturated heterocycles. The molecule has 1 aromatic rings. The van der Waals surface area contributed by atoms with Crippen molar-refractivity contribution in [1.82, 2.24) is 20.1 Å². The summed E-state index contributed by atoms with van der Waals surface area (Å²) in [5.74, 6) is 0.632. The lowest BCUT2D eigenvalue weighted by Crippen LogP contribution is -2.46. The summed E-state index contributed by atoms with van der Waals surface area (Å²) in [7, 11) is 0. The van der Waals surface area contributed by atoms with Gasteiger partial charge in [0.15, 0.2) is 0 Å².